The highest BCUT2D eigenvalue weighted by atomic mass is 32.2. The van der Waals surface area contributed by atoms with Crippen molar-refractivity contribution < 1.29 is 17.4 Å². The number of unbranched alkanes of at least 4 members (excludes halogenated alkanes) is 1. The third kappa shape index (κ3) is 7.22. The smallest absolute Gasteiger partial charge is 0.243 e. The molecule has 0 saturated carbocycles. The Kier molecular flexibility index (Phi) is 7.22. The number of hydrogen-bond acceptors (Lipinski definition) is 1. The molecule has 1 N–H and O–H groups in total. The van der Waals surface area contributed by atoms with Gasteiger partial charge in [0.2, 0.25) is 0 Å². The molecule has 0 heterocycles. The number of halogens is 3. The summed E-state index contributed by atoms with van der Waals surface area (Å²) in [5.41, 5.74) is 0. The van der Waals surface area contributed by atoms with Crippen LogP contribution in [-0.4, -0.2) is 22.2 Å². The van der Waals surface area contributed by atoms with Gasteiger partial charge in [-0.3, -0.25) is 0 Å². The standard InChI is InChI=1S/C10H20F3NOS/c1-4-5-6-9(10(11,12)13)14-16(15)7-8(2)3/h8-9,14H,4-7H2,1-3H3/t9-,16-/m0/s1. The first-order chi connectivity index (χ1) is 7.27. The second-order valence-electron chi connectivity index (χ2n) is 4.26. The van der Waals surface area contributed by atoms with E-state index in [2.05, 4.69) is 4.72 Å². The van der Waals surface area contributed by atoms with Crippen LogP contribution < -0.4 is 4.72 Å². The van der Waals surface area contributed by atoms with Crippen LogP contribution in [0.1, 0.15) is 40.0 Å². The lowest BCUT2D eigenvalue weighted by molar-refractivity contribution is -0.152. The lowest BCUT2D eigenvalue weighted by Gasteiger charge is -2.21. The molecule has 0 spiro atoms. The number of rotatable bonds is 7. The van der Waals surface area contributed by atoms with Crippen LogP contribution in [-0.2, 0) is 11.0 Å². The molecule has 98 valence electrons. The number of hydrogen-bond donors (Lipinski definition) is 1. The van der Waals surface area contributed by atoms with E-state index in [4.69, 9.17) is 0 Å². The van der Waals surface area contributed by atoms with Crippen molar-refractivity contribution in [1.82, 2.24) is 4.72 Å². The third-order valence-electron chi connectivity index (χ3n) is 2.00. The molecule has 2 atom stereocenters. The summed E-state index contributed by atoms with van der Waals surface area (Å²) in [7, 11) is -1.60. The fourth-order valence-electron chi connectivity index (χ4n) is 1.21. The molecule has 0 fully saturated rings. The van der Waals surface area contributed by atoms with Gasteiger partial charge >= 0.3 is 6.18 Å². The zero-order chi connectivity index (χ0) is 12.8. The summed E-state index contributed by atoms with van der Waals surface area (Å²) in [5.74, 6) is 0.368. The maximum atomic E-state index is 12.5. The molecule has 0 rings (SSSR count). The lowest BCUT2D eigenvalue weighted by atomic mass is 10.1. The highest BCUT2D eigenvalue weighted by molar-refractivity contribution is 7.83. The first-order valence-corrected chi connectivity index (χ1v) is 6.80. The van der Waals surface area contributed by atoms with Gasteiger partial charge in [-0.15, -0.1) is 0 Å². The molecule has 0 saturated heterocycles. The topological polar surface area (TPSA) is 29.1 Å². The van der Waals surface area contributed by atoms with Gasteiger partial charge in [0, 0.05) is 5.75 Å². The monoisotopic (exact) mass is 259 g/mol. The van der Waals surface area contributed by atoms with Crippen LogP contribution in [0.25, 0.3) is 0 Å². The van der Waals surface area contributed by atoms with Gasteiger partial charge in [0.15, 0.2) is 0 Å². The van der Waals surface area contributed by atoms with Crippen LogP contribution in [0.3, 0.4) is 0 Å². The summed E-state index contributed by atoms with van der Waals surface area (Å²) in [5, 5.41) is 0. The normalized spacial score (nSPS) is 16.4. The van der Waals surface area contributed by atoms with Gasteiger partial charge in [-0.25, -0.2) is 8.93 Å². The summed E-state index contributed by atoms with van der Waals surface area (Å²) in [6, 6.07) is -1.65. The fraction of sp³-hybridized carbons (Fsp3) is 1.00. The summed E-state index contributed by atoms with van der Waals surface area (Å²) >= 11 is 0. The molecule has 0 aromatic carbocycles. The van der Waals surface area contributed by atoms with Crippen LogP contribution >= 0.6 is 0 Å². The molecule has 0 aliphatic heterocycles. The molecule has 0 aliphatic carbocycles. The minimum absolute atomic E-state index is 0.0101. The van der Waals surface area contributed by atoms with E-state index < -0.39 is 23.2 Å². The molecular weight excluding hydrogens is 239 g/mol. The van der Waals surface area contributed by atoms with Crippen molar-refractivity contribution in [3.05, 3.63) is 0 Å². The Morgan fingerprint density at radius 1 is 1.31 bits per heavy atom. The van der Waals surface area contributed by atoms with E-state index in [9.17, 15) is 17.4 Å². The zero-order valence-electron chi connectivity index (χ0n) is 9.93. The summed E-state index contributed by atoms with van der Waals surface area (Å²) in [4.78, 5) is 0. The van der Waals surface area contributed by atoms with E-state index in [1.807, 2.05) is 20.8 Å². The average Bonchev–Trinajstić information content (AvgIpc) is 2.08. The first-order valence-electron chi connectivity index (χ1n) is 5.48. The molecule has 0 aromatic heterocycles. The Hall–Kier alpha value is -0.100. The minimum Gasteiger partial charge on any atom is -0.243 e. The van der Waals surface area contributed by atoms with Gasteiger partial charge in [0.25, 0.3) is 0 Å². The van der Waals surface area contributed by atoms with Gasteiger partial charge in [0.1, 0.15) is 6.04 Å². The van der Waals surface area contributed by atoms with Gasteiger partial charge < -0.3 is 0 Å². The fourth-order valence-corrected chi connectivity index (χ4v) is 2.48. The second kappa shape index (κ2) is 7.27. The van der Waals surface area contributed by atoms with Crippen LogP contribution in [0.5, 0.6) is 0 Å². The first kappa shape index (κ1) is 15.9. The van der Waals surface area contributed by atoms with Crippen molar-refractivity contribution in [1.29, 1.82) is 0 Å². The molecule has 16 heavy (non-hydrogen) atoms. The predicted molar refractivity (Wildman–Crippen MR) is 60.4 cm³/mol. The van der Waals surface area contributed by atoms with Crippen LogP contribution in [0.15, 0.2) is 0 Å². The molecule has 2 nitrogen and oxygen atoms in total. The largest absolute Gasteiger partial charge is 0.404 e. The van der Waals surface area contributed by atoms with Crippen LogP contribution in [0.2, 0.25) is 0 Å². The minimum atomic E-state index is -4.32. The van der Waals surface area contributed by atoms with Crippen LogP contribution in [0, 0.1) is 5.92 Å². The molecule has 6 heteroatoms. The maximum absolute atomic E-state index is 12.5. The average molecular weight is 259 g/mol. The van der Waals surface area contributed by atoms with Crippen molar-refractivity contribution in [2.75, 3.05) is 5.75 Å². The Morgan fingerprint density at radius 2 is 1.88 bits per heavy atom. The Bertz CT molecular complexity index is 219. The van der Waals surface area contributed by atoms with E-state index >= 15 is 0 Å². The van der Waals surface area contributed by atoms with E-state index in [1.165, 1.54) is 0 Å². The lowest BCUT2D eigenvalue weighted by Crippen LogP contribution is -2.44. The Labute approximate surface area is 97.6 Å². The van der Waals surface area contributed by atoms with Gasteiger partial charge in [0.05, 0.1) is 11.0 Å². The molecule has 0 unspecified atom stereocenters. The zero-order valence-corrected chi connectivity index (χ0v) is 10.8. The van der Waals surface area contributed by atoms with E-state index in [1.54, 1.807) is 0 Å². The summed E-state index contributed by atoms with van der Waals surface area (Å²) in [6.45, 7) is 5.49. The predicted octanol–water partition coefficient (Wildman–Crippen LogP) is 3.02. The van der Waals surface area contributed by atoms with Crippen molar-refractivity contribution >= 4 is 11.0 Å². The Balaban J connectivity index is 4.26. The molecule has 0 amide bonds. The molecule has 0 radical (unpaired) electrons. The van der Waals surface area contributed by atoms with E-state index in [0.29, 0.717) is 12.8 Å². The quantitative estimate of drug-likeness (QED) is 0.748. The Morgan fingerprint density at radius 3 is 2.25 bits per heavy atom. The second-order valence-corrected chi connectivity index (χ2v) is 5.52. The molecule has 0 aliphatic rings. The van der Waals surface area contributed by atoms with Gasteiger partial charge in [-0.05, 0) is 12.3 Å². The number of nitrogens with one attached hydrogen (secondary N) is 1. The highest BCUT2D eigenvalue weighted by Gasteiger charge is 2.39. The summed E-state index contributed by atoms with van der Waals surface area (Å²) in [6.07, 6.45) is -3.15. The highest BCUT2D eigenvalue weighted by Crippen LogP contribution is 2.24. The summed E-state index contributed by atoms with van der Waals surface area (Å²) < 4.78 is 51.2. The van der Waals surface area contributed by atoms with E-state index in [-0.39, 0.29) is 18.1 Å². The molecular formula is C10H20F3NOS. The van der Waals surface area contributed by atoms with Gasteiger partial charge in [-0.2, -0.15) is 13.2 Å². The SMILES string of the molecule is CCCC[C@H](N[S@@](=O)CC(C)C)C(F)(F)F. The van der Waals surface area contributed by atoms with Crippen molar-refractivity contribution in [3.63, 3.8) is 0 Å². The molecule has 0 aromatic rings. The van der Waals surface area contributed by atoms with Crippen molar-refractivity contribution in [2.24, 2.45) is 5.92 Å². The van der Waals surface area contributed by atoms with Crippen molar-refractivity contribution in [2.45, 2.75) is 52.3 Å². The van der Waals surface area contributed by atoms with Gasteiger partial charge in [-0.1, -0.05) is 33.6 Å². The van der Waals surface area contributed by atoms with E-state index in [0.717, 1.165) is 0 Å². The van der Waals surface area contributed by atoms with Crippen molar-refractivity contribution in [3.8, 4) is 0 Å². The molecule has 0 bridgehead atoms. The van der Waals surface area contributed by atoms with Crippen LogP contribution in [0.4, 0.5) is 13.2 Å². The number of alkyl halides is 3. The third-order valence-corrected chi connectivity index (χ3v) is 3.52. The maximum Gasteiger partial charge on any atom is 0.404 e.